The molecule has 0 aromatic heterocycles. The molecule has 0 unspecified atom stereocenters. The van der Waals surface area contributed by atoms with Crippen molar-refractivity contribution in [1.29, 1.82) is 0 Å². The first kappa shape index (κ1) is 25.4. The Morgan fingerprint density at radius 1 is 0.471 bits per heavy atom. The minimum absolute atomic E-state index is 0.0957. The van der Waals surface area contributed by atoms with E-state index in [1.165, 1.54) is 38.5 Å². The van der Waals surface area contributed by atoms with Crippen LogP contribution in [0.15, 0.2) is 0 Å². The van der Waals surface area contributed by atoms with Gasteiger partial charge in [0.05, 0.1) is 12.2 Å². The van der Waals surface area contributed by atoms with E-state index in [-0.39, 0.29) is 12.5 Å². The second kappa shape index (κ2) is 11.4. The van der Waals surface area contributed by atoms with Gasteiger partial charge in [-0.05, 0) is 64.2 Å². The quantitative estimate of drug-likeness (QED) is 0.532. The maximum atomic E-state index is 11.6. The Morgan fingerprint density at radius 3 is 1.35 bits per heavy atom. The first-order valence-corrected chi connectivity index (χ1v) is 14.8. The zero-order chi connectivity index (χ0) is 23.4. The second-order valence-corrected chi connectivity index (χ2v) is 12.2. The Hall–Kier alpha value is -0.240. The van der Waals surface area contributed by atoms with Crippen LogP contribution in [-0.4, -0.2) is 82.1 Å². The maximum absolute atomic E-state index is 11.6. The number of rotatable bonds is 0. The monoisotopic (exact) mass is 478 g/mol. The lowest BCUT2D eigenvalue weighted by atomic mass is 9.83. The van der Waals surface area contributed by atoms with Gasteiger partial charge in [-0.3, -0.25) is 9.80 Å². The summed E-state index contributed by atoms with van der Waals surface area (Å²) in [5.74, 6) is 0. The Morgan fingerprint density at radius 2 is 0.882 bits per heavy atom. The summed E-state index contributed by atoms with van der Waals surface area (Å²) < 4.78 is 13.1. The van der Waals surface area contributed by atoms with Gasteiger partial charge in [-0.2, -0.15) is 0 Å². The number of ether oxygens (including phenoxy) is 2. The van der Waals surface area contributed by atoms with E-state index in [2.05, 4.69) is 9.80 Å². The third-order valence-electron chi connectivity index (χ3n) is 9.58. The molecule has 6 atom stereocenters. The summed E-state index contributed by atoms with van der Waals surface area (Å²) in [6.07, 6.45) is 19.7. The zero-order valence-corrected chi connectivity index (χ0v) is 21.5. The molecule has 0 aromatic carbocycles. The Balaban J connectivity index is 1.21. The fourth-order valence-corrected chi connectivity index (χ4v) is 7.58. The summed E-state index contributed by atoms with van der Waals surface area (Å²) in [5.41, 5.74) is -1.34. The molecule has 5 rings (SSSR count). The van der Waals surface area contributed by atoms with Crippen molar-refractivity contribution in [1.82, 2.24) is 9.80 Å². The number of hydrogen-bond acceptors (Lipinski definition) is 6. The van der Waals surface area contributed by atoms with Crippen LogP contribution >= 0.6 is 0 Å². The van der Waals surface area contributed by atoms with Gasteiger partial charge >= 0.3 is 0 Å². The molecule has 0 aliphatic carbocycles. The minimum Gasteiger partial charge on any atom is -0.386 e. The first-order valence-electron chi connectivity index (χ1n) is 14.8. The van der Waals surface area contributed by atoms with Gasteiger partial charge < -0.3 is 19.7 Å². The van der Waals surface area contributed by atoms with E-state index in [4.69, 9.17) is 9.47 Å². The van der Waals surface area contributed by atoms with Crippen LogP contribution in [0.3, 0.4) is 0 Å². The van der Waals surface area contributed by atoms with Gasteiger partial charge in [0, 0.05) is 26.2 Å². The molecule has 34 heavy (non-hydrogen) atoms. The summed E-state index contributed by atoms with van der Waals surface area (Å²) >= 11 is 0. The number of fused-ring (bicyclic) bond motifs is 2. The molecule has 0 amide bonds. The van der Waals surface area contributed by atoms with Crippen molar-refractivity contribution in [2.45, 2.75) is 151 Å². The van der Waals surface area contributed by atoms with Crippen molar-refractivity contribution in [3.8, 4) is 0 Å². The fraction of sp³-hybridized carbons (Fsp3) is 1.00. The van der Waals surface area contributed by atoms with Crippen molar-refractivity contribution in [2.75, 3.05) is 26.2 Å². The van der Waals surface area contributed by atoms with E-state index in [0.29, 0.717) is 12.2 Å². The molecular formula is C28H50N2O4. The normalized spacial score (nSPS) is 44.3. The van der Waals surface area contributed by atoms with Crippen LogP contribution in [0.25, 0.3) is 0 Å². The van der Waals surface area contributed by atoms with Crippen LogP contribution in [0, 0.1) is 0 Å². The lowest BCUT2D eigenvalue weighted by Crippen LogP contribution is -2.62. The largest absolute Gasteiger partial charge is 0.386 e. The number of aliphatic hydroxyl groups is 2. The third-order valence-corrected chi connectivity index (χ3v) is 9.58. The van der Waals surface area contributed by atoms with E-state index >= 15 is 0 Å². The highest BCUT2D eigenvalue weighted by atomic mass is 16.5. The Labute approximate surface area is 207 Å². The van der Waals surface area contributed by atoms with Crippen LogP contribution in [0.2, 0.25) is 0 Å². The Kier molecular flexibility index (Phi) is 8.55. The average Bonchev–Trinajstić information content (AvgIpc) is 2.84. The Bertz CT molecular complexity index is 596. The van der Waals surface area contributed by atoms with Gasteiger partial charge in [-0.1, -0.05) is 51.4 Å². The number of piperidine rings is 2. The van der Waals surface area contributed by atoms with Gasteiger partial charge in [0.1, 0.15) is 23.7 Å². The van der Waals surface area contributed by atoms with Crippen molar-refractivity contribution in [3.05, 3.63) is 0 Å². The van der Waals surface area contributed by atoms with E-state index in [0.717, 1.165) is 103 Å². The van der Waals surface area contributed by atoms with Crippen LogP contribution in [-0.2, 0) is 9.47 Å². The summed E-state index contributed by atoms with van der Waals surface area (Å²) in [5, 5.41) is 23.2. The van der Waals surface area contributed by atoms with Gasteiger partial charge in [-0.15, -0.1) is 0 Å². The van der Waals surface area contributed by atoms with Crippen LogP contribution in [0.4, 0.5) is 0 Å². The molecule has 5 aliphatic rings. The smallest absolute Gasteiger partial charge is 0.140 e. The van der Waals surface area contributed by atoms with Crippen molar-refractivity contribution >= 4 is 0 Å². The molecule has 196 valence electrons. The van der Waals surface area contributed by atoms with E-state index in [9.17, 15) is 10.2 Å². The predicted molar refractivity (Wildman–Crippen MR) is 133 cm³/mol. The molecule has 4 bridgehead atoms. The lowest BCUT2D eigenvalue weighted by molar-refractivity contribution is -0.246. The fourth-order valence-electron chi connectivity index (χ4n) is 7.58. The van der Waals surface area contributed by atoms with Crippen molar-refractivity contribution in [2.24, 2.45) is 0 Å². The SMILES string of the molecule is O[C@]12CCCCCC[C@@H]3CCN4CCC[C@](O)(CCCCCC[C@H]5CCN(CCC1)[C@H]2O5)[C@H]4O3. The zero-order valence-electron chi connectivity index (χ0n) is 21.5. The van der Waals surface area contributed by atoms with Crippen molar-refractivity contribution < 1.29 is 19.7 Å². The molecule has 6 nitrogen and oxygen atoms in total. The van der Waals surface area contributed by atoms with Crippen molar-refractivity contribution in [3.63, 3.8) is 0 Å². The molecule has 2 N–H and O–H groups in total. The van der Waals surface area contributed by atoms with Crippen LogP contribution in [0.5, 0.6) is 0 Å². The minimum atomic E-state index is -0.668. The highest BCUT2D eigenvalue weighted by Crippen LogP contribution is 2.39. The van der Waals surface area contributed by atoms with Gasteiger partial charge in [0.2, 0.25) is 0 Å². The summed E-state index contributed by atoms with van der Waals surface area (Å²) in [7, 11) is 0. The summed E-state index contributed by atoms with van der Waals surface area (Å²) in [6, 6.07) is 0. The molecule has 5 saturated heterocycles. The number of nitrogens with zero attached hydrogens (tertiary/aromatic N) is 2. The highest BCUT2D eigenvalue weighted by Gasteiger charge is 2.48. The topological polar surface area (TPSA) is 65.4 Å². The molecule has 0 saturated carbocycles. The molecule has 0 aromatic rings. The molecule has 5 fully saturated rings. The average molecular weight is 479 g/mol. The van der Waals surface area contributed by atoms with E-state index in [1.54, 1.807) is 0 Å². The molecule has 5 aliphatic heterocycles. The highest BCUT2D eigenvalue weighted by molar-refractivity contribution is 4.96. The predicted octanol–water partition coefficient (Wildman–Crippen LogP) is 4.57. The molecular weight excluding hydrogens is 428 g/mol. The first-order chi connectivity index (χ1) is 16.6. The second-order valence-electron chi connectivity index (χ2n) is 12.2. The molecule has 5 heterocycles. The molecule has 0 spiro atoms. The van der Waals surface area contributed by atoms with Crippen LogP contribution in [0.1, 0.15) is 116 Å². The lowest BCUT2D eigenvalue weighted by Gasteiger charge is -2.51. The van der Waals surface area contributed by atoms with E-state index in [1.807, 2.05) is 0 Å². The summed E-state index contributed by atoms with van der Waals surface area (Å²) in [6.45, 7) is 4.29. The van der Waals surface area contributed by atoms with Gasteiger partial charge in [0.15, 0.2) is 0 Å². The van der Waals surface area contributed by atoms with Gasteiger partial charge in [0.25, 0.3) is 0 Å². The van der Waals surface area contributed by atoms with Crippen LogP contribution < -0.4 is 0 Å². The molecule has 6 heteroatoms. The maximum Gasteiger partial charge on any atom is 0.140 e. The van der Waals surface area contributed by atoms with E-state index < -0.39 is 11.2 Å². The third kappa shape index (κ3) is 5.84. The number of hydrogen-bond donors (Lipinski definition) is 2. The molecule has 0 radical (unpaired) electrons. The summed E-state index contributed by atoms with van der Waals surface area (Å²) in [4.78, 5) is 4.83. The van der Waals surface area contributed by atoms with Gasteiger partial charge in [-0.25, -0.2) is 0 Å². The standard InChI is InChI=1S/C28H50N2O4/c31-27-15-7-3-1-5-11-23-13-21-29-20-10-18-28(32,26(29)33-23)16-8-4-2-6-12-24-14-22-30(19-9-17-27)25(27)34-24/h23-26,31-32H,1-22H2/t23-,24+,25+,26-,27-,28-/m1/s1.